The Kier molecular flexibility index (Phi) is 14.2. The third-order valence-corrected chi connectivity index (χ3v) is 4.53. The summed E-state index contributed by atoms with van der Waals surface area (Å²) in [5, 5.41) is 42.2. The number of hydrogen-bond donors (Lipinski definition) is 2. The molecule has 0 aromatic carbocycles. The van der Waals surface area contributed by atoms with Crippen molar-refractivity contribution in [2.24, 2.45) is 0 Å². The molecule has 0 fully saturated rings. The molecule has 0 saturated heterocycles. The van der Waals surface area contributed by atoms with E-state index in [1.54, 1.807) is 0 Å². The highest BCUT2D eigenvalue weighted by Gasteiger charge is 2.29. The first-order valence-electron chi connectivity index (χ1n) is 9.56. The van der Waals surface area contributed by atoms with E-state index in [2.05, 4.69) is 0 Å². The molecule has 0 aliphatic rings. The Morgan fingerprint density at radius 3 is 1.67 bits per heavy atom. The van der Waals surface area contributed by atoms with E-state index in [0.29, 0.717) is 32.1 Å². The third kappa shape index (κ3) is 11.4. The zero-order chi connectivity index (χ0) is 20.7. The number of hydrogen-bond acceptors (Lipinski definition) is 7. The molecule has 27 heavy (non-hydrogen) atoms. The van der Waals surface area contributed by atoms with Crippen LogP contribution in [0, 0.1) is 20.2 Å². The molecule has 4 atom stereocenters. The highest BCUT2D eigenvalue weighted by atomic mass is 16.6. The summed E-state index contributed by atoms with van der Waals surface area (Å²) in [6.45, 7) is 2.00. The molecule has 0 bridgehead atoms. The Labute approximate surface area is 159 Å². The molecule has 0 saturated carbocycles. The molecule has 0 rings (SSSR count). The smallest absolute Gasteiger partial charge is 0.241 e. The Hall–Kier alpha value is -1.87. The largest absolute Gasteiger partial charge is 0.386 e. The van der Waals surface area contributed by atoms with E-state index in [1.165, 1.54) is 12.2 Å². The molecular weight excluding hydrogens is 356 g/mol. The van der Waals surface area contributed by atoms with Crippen LogP contribution in [0.3, 0.4) is 0 Å². The summed E-state index contributed by atoms with van der Waals surface area (Å²) in [4.78, 5) is 31.4. The summed E-state index contributed by atoms with van der Waals surface area (Å²) >= 11 is 0. The predicted molar refractivity (Wildman–Crippen MR) is 101 cm³/mol. The second-order valence-electron chi connectivity index (χ2n) is 6.73. The maximum absolute atomic E-state index is 11.1. The van der Waals surface area contributed by atoms with Crippen LogP contribution < -0.4 is 0 Å². The van der Waals surface area contributed by atoms with Crippen LogP contribution in [-0.2, 0) is 4.79 Å². The first kappa shape index (κ1) is 25.1. The standard InChI is InChI=1S/C18H32N2O7/c1-2-3-5-12-17(22)15(19(24)25)10-7-8-11-16(20(26)27)18(23)13-6-4-9-14-21/h7-8,14-18,22-23H,2-6,9-13H2,1H3/b8-7-. The van der Waals surface area contributed by atoms with Gasteiger partial charge in [0.25, 0.3) is 0 Å². The molecule has 0 aliphatic heterocycles. The van der Waals surface area contributed by atoms with Gasteiger partial charge in [0.2, 0.25) is 12.1 Å². The molecule has 9 heteroatoms. The summed E-state index contributed by atoms with van der Waals surface area (Å²) in [5.74, 6) is 0. The minimum atomic E-state index is -1.19. The lowest BCUT2D eigenvalue weighted by Crippen LogP contribution is -2.34. The number of aldehydes is 1. The van der Waals surface area contributed by atoms with Crippen LogP contribution in [0.2, 0.25) is 0 Å². The zero-order valence-corrected chi connectivity index (χ0v) is 15.9. The second-order valence-corrected chi connectivity index (χ2v) is 6.73. The lowest BCUT2D eigenvalue weighted by molar-refractivity contribution is -0.534. The van der Waals surface area contributed by atoms with Crippen molar-refractivity contribution in [1.82, 2.24) is 0 Å². The van der Waals surface area contributed by atoms with E-state index in [-0.39, 0.29) is 19.3 Å². The number of aliphatic hydroxyl groups is 2. The lowest BCUT2D eigenvalue weighted by atomic mass is 9.99. The van der Waals surface area contributed by atoms with Gasteiger partial charge in [-0.2, -0.15) is 0 Å². The maximum Gasteiger partial charge on any atom is 0.241 e. The van der Waals surface area contributed by atoms with Gasteiger partial charge in [-0.3, -0.25) is 20.2 Å². The van der Waals surface area contributed by atoms with Crippen LogP contribution >= 0.6 is 0 Å². The van der Waals surface area contributed by atoms with Crippen molar-refractivity contribution in [2.45, 2.75) is 95.4 Å². The Morgan fingerprint density at radius 2 is 1.30 bits per heavy atom. The summed E-state index contributed by atoms with van der Waals surface area (Å²) in [7, 11) is 0. The van der Waals surface area contributed by atoms with E-state index >= 15 is 0 Å². The average Bonchev–Trinajstić information content (AvgIpc) is 2.61. The quantitative estimate of drug-likeness (QED) is 0.128. The van der Waals surface area contributed by atoms with Gasteiger partial charge in [-0.1, -0.05) is 44.8 Å². The molecule has 9 nitrogen and oxygen atoms in total. The summed E-state index contributed by atoms with van der Waals surface area (Å²) in [6, 6.07) is -2.33. The fourth-order valence-corrected chi connectivity index (χ4v) is 2.81. The molecule has 2 N–H and O–H groups in total. The molecule has 0 heterocycles. The van der Waals surface area contributed by atoms with Crippen LogP contribution in [0.25, 0.3) is 0 Å². The lowest BCUT2D eigenvalue weighted by Gasteiger charge is -2.15. The fraction of sp³-hybridized carbons (Fsp3) is 0.833. The van der Waals surface area contributed by atoms with Gasteiger partial charge in [0.1, 0.15) is 18.5 Å². The number of nitro groups is 2. The van der Waals surface area contributed by atoms with E-state index in [1.807, 2.05) is 6.92 Å². The number of unbranched alkanes of at least 4 members (excludes halogenated alkanes) is 4. The predicted octanol–water partition coefficient (Wildman–Crippen LogP) is 2.67. The van der Waals surface area contributed by atoms with Crippen LogP contribution in [0.1, 0.15) is 71.1 Å². The van der Waals surface area contributed by atoms with Gasteiger partial charge < -0.3 is 15.0 Å². The van der Waals surface area contributed by atoms with Crippen LogP contribution in [-0.4, -0.2) is 50.6 Å². The van der Waals surface area contributed by atoms with Gasteiger partial charge in [0.05, 0.1) is 0 Å². The number of aliphatic hydroxyl groups excluding tert-OH is 2. The number of rotatable bonds is 17. The SMILES string of the molecule is CCCCCC(O)C(C/C=C\CC(C(O)CCCCC=O)[N+](=O)[O-])[N+](=O)[O-]. The number of carbonyl (C=O) groups excluding carboxylic acids is 1. The number of nitrogens with zero attached hydrogens (tertiary/aromatic N) is 2. The van der Waals surface area contributed by atoms with Gasteiger partial charge in [0, 0.05) is 29.1 Å². The molecule has 0 aliphatic carbocycles. The minimum absolute atomic E-state index is 0.0137. The summed E-state index contributed by atoms with van der Waals surface area (Å²) in [5.41, 5.74) is 0. The first-order chi connectivity index (χ1) is 12.8. The zero-order valence-electron chi connectivity index (χ0n) is 15.9. The van der Waals surface area contributed by atoms with Gasteiger partial charge in [-0.15, -0.1) is 0 Å². The average molecular weight is 388 g/mol. The molecular formula is C18H32N2O7. The molecule has 0 aromatic heterocycles. The fourth-order valence-electron chi connectivity index (χ4n) is 2.81. The molecule has 0 spiro atoms. The topological polar surface area (TPSA) is 144 Å². The van der Waals surface area contributed by atoms with Crippen molar-refractivity contribution in [3.05, 3.63) is 32.4 Å². The third-order valence-electron chi connectivity index (χ3n) is 4.53. The monoisotopic (exact) mass is 388 g/mol. The van der Waals surface area contributed by atoms with Gasteiger partial charge in [-0.05, 0) is 19.3 Å². The van der Waals surface area contributed by atoms with Crippen molar-refractivity contribution in [3.8, 4) is 0 Å². The summed E-state index contributed by atoms with van der Waals surface area (Å²) < 4.78 is 0. The minimum Gasteiger partial charge on any atom is -0.386 e. The Balaban J connectivity index is 4.53. The highest BCUT2D eigenvalue weighted by Crippen LogP contribution is 2.15. The van der Waals surface area contributed by atoms with Crippen molar-refractivity contribution >= 4 is 6.29 Å². The maximum atomic E-state index is 11.1. The van der Waals surface area contributed by atoms with E-state index in [9.17, 15) is 35.2 Å². The molecule has 0 radical (unpaired) electrons. The van der Waals surface area contributed by atoms with Crippen molar-refractivity contribution in [3.63, 3.8) is 0 Å². The van der Waals surface area contributed by atoms with Crippen LogP contribution in [0.15, 0.2) is 12.2 Å². The second kappa shape index (κ2) is 15.2. The Bertz CT molecular complexity index is 471. The van der Waals surface area contributed by atoms with Crippen molar-refractivity contribution < 1.29 is 24.9 Å². The van der Waals surface area contributed by atoms with Gasteiger partial charge in [0.15, 0.2) is 0 Å². The highest BCUT2D eigenvalue weighted by molar-refractivity contribution is 5.48. The van der Waals surface area contributed by atoms with Gasteiger partial charge in [-0.25, -0.2) is 0 Å². The molecule has 156 valence electrons. The number of carbonyl (C=O) groups is 1. The molecule has 0 aromatic rings. The van der Waals surface area contributed by atoms with Crippen molar-refractivity contribution in [2.75, 3.05) is 0 Å². The van der Waals surface area contributed by atoms with E-state index < -0.39 is 34.1 Å². The van der Waals surface area contributed by atoms with Crippen LogP contribution in [0.5, 0.6) is 0 Å². The first-order valence-corrected chi connectivity index (χ1v) is 9.56. The van der Waals surface area contributed by atoms with E-state index in [0.717, 1.165) is 19.1 Å². The molecule has 0 amide bonds. The van der Waals surface area contributed by atoms with Gasteiger partial charge >= 0.3 is 0 Å². The van der Waals surface area contributed by atoms with E-state index in [4.69, 9.17) is 0 Å². The Morgan fingerprint density at radius 1 is 0.852 bits per heavy atom. The normalized spacial score (nSPS) is 16.0. The molecule has 4 unspecified atom stereocenters. The summed E-state index contributed by atoms with van der Waals surface area (Å²) in [6.07, 6.45) is 6.03. The van der Waals surface area contributed by atoms with Crippen LogP contribution in [0.4, 0.5) is 0 Å². The van der Waals surface area contributed by atoms with Crippen molar-refractivity contribution in [1.29, 1.82) is 0 Å².